The Hall–Kier alpha value is -2.04. The fraction of sp³-hybridized carbons (Fsp3) is 0.350. The molecule has 0 spiro atoms. The van der Waals surface area contributed by atoms with Crippen LogP contribution in [0.2, 0.25) is 5.02 Å². The molecule has 4 nitrogen and oxygen atoms in total. The first kappa shape index (κ1) is 19.3. The molecule has 0 atom stereocenters. The van der Waals surface area contributed by atoms with Gasteiger partial charge in [0, 0.05) is 28.4 Å². The summed E-state index contributed by atoms with van der Waals surface area (Å²) in [7, 11) is 1.61. The molecule has 0 radical (unpaired) electrons. The fourth-order valence-corrected chi connectivity index (χ4v) is 2.63. The van der Waals surface area contributed by atoms with E-state index in [-0.39, 0.29) is 5.91 Å². The van der Waals surface area contributed by atoms with Gasteiger partial charge in [-0.2, -0.15) is 0 Å². The van der Waals surface area contributed by atoms with Crippen molar-refractivity contribution in [2.24, 2.45) is 5.92 Å². The molecule has 0 heterocycles. The second kappa shape index (κ2) is 8.88. The number of anilines is 1. The van der Waals surface area contributed by atoms with Crippen LogP contribution in [0.15, 0.2) is 36.4 Å². The van der Waals surface area contributed by atoms with Crippen LogP contribution in [0, 0.1) is 12.8 Å². The predicted octanol–water partition coefficient (Wildman–Crippen LogP) is 5.08. The Bertz CT molecular complexity index is 744. The van der Waals surface area contributed by atoms with Gasteiger partial charge in [-0.05, 0) is 54.8 Å². The van der Waals surface area contributed by atoms with E-state index in [1.165, 1.54) is 0 Å². The van der Waals surface area contributed by atoms with E-state index in [2.05, 4.69) is 19.2 Å². The minimum absolute atomic E-state index is 0.182. The van der Waals surface area contributed by atoms with E-state index >= 15 is 0 Å². The average Bonchev–Trinajstić information content (AvgIpc) is 2.57. The Labute approximate surface area is 154 Å². The second-order valence-electron chi connectivity index (χ2n) is 6.35. The minimum atomic E-state index is -0.182. The average molecular weight is 362 g/mol. The molecule has 2 rings (SSSR count). The molecule has 0 saturated carbocycles. The lowest BCUT2D eigenvalue weighted by Crippen LogP contribution is -2.13. The van der Waals surface area contributed by atoms with Crippen molar-refractivity contribution in [1.82, 2.24) is 0 Å². The van der Waals surface area contributed by atoms with Crippen molar-refractivity contribution >= 4 is 23.2 Å². The van der Waals surface area contributed by atoms with Crippen molar-refractivity contribution in [1.29, 1.82) is 0 Å². The van der Waals surface area contributed by atoms with Crippen LogP contribution in [-0.2, 0) is 11.3 Å². The van der Waals surface area contributed by atoms with Crippen molar-refractivity contribution in [3.63, 3.8) is 0 Å². The molecule has 0 unspecified atom stereocenters. The van der Waals surface area contributed by atoms with Crippen molar-refractivity contribution in [2.45, 2.75) is 27.4 Å². The topological polar surface area (TPSA) is 47.6 Å². The summed E-state index contributed by atoms with van der Waals surface area (Å²) >= 11 is 5.95. The zero-order chi connectivity index (χ0) is 18.4. The number of hydrogen-bond donors (Lipinski definition) is 1. The molecule has 25 heavy (non-hydrogen) atoms. The van der Waals surface area contributed by atoms with Crippen LogP contribution in [0.1, 0.15) is 35.3 Å². The number of carbonyl (C=O) groups excluding carboxylic acids is 1. The molecule has 134 valence electrons. The van der Waals surface area contributed by atoms with E-state index in [1.807, 2.05) is 13.0 Å². The number of hydrogen-bond acceptors (Lipinski definition) is 3. The molecule has 0 aromatic heterocycles. The van der Waals surface area contributed by atoms with Crippen LogP contribution in [0.25, 0.3) is 0 Å². The van der Waals surface area contributed by atoms with Crippen LogP contribution in [0.5, 0.6) is 5.75 Å². The molecule has 5 heteroatoms. The molecule has 0 fully saturated rings. The molecule has 0 aliphatic rings. The number of amides is 1. The van der Waals surface area contributed by atoms with Gasteiger partial charge >= 0.3 is 0 Å². The monoisotopic (exact) mass is 361 g/mol. The third-order valence-corrected chi connectivity index (χ3v) is 3.92. The normalized spacial score (nSPS) is 10.8. The third kappa shape index (κ3) is 5.48. The number of benzene rings is 2. The molecule has 0 aliphatic heterocycles. The quantitative estimate of drug-likeness (QED) is 0.747. The van der Waals surface area contributed by atoms with Gasteiger partial charge in [0.25, 0.3) is 5.91 Å². The van der Waals surface area contributed by atoms with E-state index in [0.29, 0.717) is 35.5 Å². The third-order valence-electron chi connectivity index (χ3n) is 3.69. The summed E-state index contributed by atoms with van der Waals surface area (Å²) in [5.74, 6) is 0.978. The summed E-state index contributed by atoms with van der Waals surface area (Å²) in [4.78, 5) is 12.6. The van der Waals surface area contributed by atoms with Crippen LogP contribution >= 0.6 is 11.6 Å². The molecular weight excluding hydrogens is 338 g/mol. The van der Waals surface area contributed by atoms with Crippen molar-refractivity contribution in [3.8, 4) is 5.75 Å². The standard InChI is InChI=1S/C20H24ClNO3/c1-13(2)11-25-12-16-10-15(5-8-19(16)24-4)20(23)22-18-7-6-17(21)9-14(18)3/h5-10,13H,11-12H2,1-4H3,(H,22,23). The summed E-state index contributed by atoms with van der Waals surface area (Å²) in [6, 6.07) is 10.7. The van der Waals surface area contributed by atoms with Crippen molar-refractivity contribution in [2.75, 3.05) is 19.0 Å². The molecule has 1 N–H and O–H groups in total. The lowest BCUT2D eigenvalue weighted by atomic mass is 10.1. The first-order chi connectivity index (χ1) is 11.9. The Kier molecular flexibility index (Phi) is 6.85. The van der Waals surface area contributed by atoms with Gasteiger partial charge in [-0.15, -0.1) is 0 Å². The maximum atomic E-state index is 12.6. The largest absolute Gasteiger partial charge is 0.496 e. The lowest BCUT2D eigenvalue weighted by molar-refractivity contribution is 0.0952. The molecule has 2 aromatic carbocycles. The summed E-state index contributed by atoms with van der Waals surface area (Å²) in [5.41, 5.74) is 3.06. The zero-order valence-corrected chi connectivity index (χ0v) is 15.8. The first-order valence-corrected chi connectivity index (χ1v) is 8.60. The van der Waals surface area contributed by atoms with Gasteiger partial charge in [0.15, 0.2) is 0 Å². The highest BCUT2D eigenvalue weighted by molar-refractivity contribution is 6.30. The summed E-state index contributed by atoms with van der Waals surface area (Å²) in [6.45, 7) is 7.15. The van der Waals surface area contributed by atoms with Gasteiger partial charge in [-0.1, -0.05) is 25.4 Å². The number of ether oxygens (including phenoxy) is 2. The Balaban J connectivity index is 2.15. The van der Waals surface area contributed by atoms with Crippen LogP contribution in [0.4, 0.5) is 5.69 Å². The molecule has 2 aromatic rings. The number of aryl methyl sites for hydroxylation is 1. The molecule has 0 aliphatic carbocycles. The van der Waals surface area contributed by atoms with E-state index in [0.717, 1.165) is 16.8 Å². The highest BCUT2D eigenvalue weighted by Gasteiger charge is 2.12. The van der Waals surface area contributed by atoms with Crippen LogP contribution < -0.4 is 10.1 Å². The Morgan fingerprint density at radius 2 is 1.96 bits per heavy atom. The number of nitrogens with one attached hydrogen (secondary N) is 1. The highest BCUT2D eigenvalue weighted by Crippen LogP contribution is 2.23. The van der Waals surface area contributed by atoms with Gasteiger partial charge in [-0.3, -0.25) is 4.79 Å². The maximum absolute atomic E-state index is 12.6. The Morgan fingerprint density at radius 1 is 1.20 bits per heavy atom. The maximum Gasteiger partial charge on any atom is 0.255 e. The SMILES string of the molecule is COc1ccc(C(=O)Nc2ccc(Cl)cc2C)cc1COCC(C)C. The van der Waals surface area contributed by atoms with Gasteiger partial charge in [0.2, 0.25) is 0 Å². The lowest BCUT2D eigenvalue weighted by Gasteiger charge is -2.13. The van der Waals surface area contributed by atoms with E-state index in [9.17, 15) is 4.79 Å². The van der Waals surface area contributed by atoms with Crippen molar-refractivity contribution < 1.29 is 14.3 Å². The van der Waals surface area contributed by atoms with Crippen molar-refractivity contribution in [3.05, 3.63) is 58.1 Å². The first-order valence-electron chi connectivity index (χ1n) is 8.23. The number of carbonyl (C=O) groups is 1. The molecule has 0 saturated heterocycles. The molecule has 1 amide bonds. The molecular formula is C20H24ClNO3. The minimum Gasteiger partial charge on any atom is -0.496 e. The van der Waals surface area contributed by atoms with E-state index < -0.39 is 0 Å². The van der Waals surface area contributed by atoms with Gasteiger partial charge < -0.3 is 14.8 Å². The highest BCUT2D eigenvalue weighted by atomic mass is 35.5. The second-order valence-corrected chi connectivity index (χ2v) is 6.79. The summed E-state index contributed by atoms with van der Waals surface area (Å²) in [5, 5.41) is 3.56. The number of rotatable bonds is 7. The van der Waals surface area contributed by atoms with E-state index in [4.69, 9.17) is 21.1 Å². The Morgan fingerprint density at radius 3 is 2.60 bits per heavy atom. The molecule has 0 bridgehead atoms. The zero-order valence-electron chi connectivity index (χ0n) is 15.1. The number of methoxy groups -OCH3 is 1. The van der Waals surface area contributed by atoms with Gasteiger partial charge in [0.1, 0.15) is 5.75 Å². The van der Waals surface area contributed by atoms with Crippen LogP contribution in [-0.4, -0.2) is 19.6 Å². The van der Waals surface area contributed by atoms with Gasteiger partial charge in [-0.25, -0.2) is 0 Å². The summed E-state index contributed by atoms with van der Waals surface area (Å²) in [6.07, 6.45) is 0. The number of halogens is 1. The predicted molar refractivity (Wildman–Crippen MR) is 102 cm³/mol. The van der Waals surface area contributed by atoms with Crippen LogP contribution in [0.3, 0.4) is 0 Å². The van der Waals surface area contributed by atoms with Gasteiger partial charge in [0.05, 0.1) is 13.7 Å². The smallest absolute Gasteiger partial charge is 0.255 e. The fourth-order valence-electron chi connectivity index (χ4n) is 2.40. The summed E-state index contributed by atoms with van der Waals surface area (Å²) < 4.78 is 11.0. The van der Waals surface area contributed by atoms with E-state index in [1.54, 1.807) is 37.4 Å².